The number of aliphatic hydroxyl groups is 1. The molecular weight excluding hydrogens is 236 g/mol. The third-order valence-corrected chi connectivity index (χ3v) is 4.44. The fourth-order valence-electron chi connectivity index (χ4n) is 2.69. The molecule has 0 aliphatic carbocycles. The summed E-state index contributed by atoms with van der Waals surface area (Å²) in [6, 6.07) is 8.93. The molecule has 1 fully saturated rings. The number of hydrogen-bond acceptors (Lipinski definition) is 3. The number of nitrogens with zero attached hydrogens (tertiary/aromatic N) is 2. The van der Waals surface area contributed by atoms with E-state index in [4.69, 9.17) is 0 Å². The van der Waals surface area contributed by atoms with Crippen LogP contribution in [0, 0.1) is 6.92 Å². The van der Waals surface area contributed by atoms with Crippen molar-refractivity contribution in [1.29, 1.82) is 0 Å². The molecule has 1 aromatic rings. The molecule has 1 heterocycles. The average molecular weight is 262 g/mol. The summed E-state index contributed by atoms with van der Waals surface area (Å²) in [6.45, 7) is 9.58. The van der Waals surface area contributed by atoms with E-state index < -0.39 is 6.10 Å². The normalized spacial score (nSPS) is 25.2. The van der Waals surface area contributed by atoms with Gasteiger partial charge in [0.2, 0.25) is 0 Å². The molecule has 0 bridgehead atoms. The van der Waals surface area contributed by atoms with E-state index >= 15 is 0 Å². The first-order valence-electron chi connectivity index (χ1n) is 7.18. The Bertz CT molecular complexity index is 404. The van der Waals surface area contributed by atoms with E-state index in [9.17, 15) is 5.11 Å². The van der Waals surface area contributed by atoms with Gasteiger partial charge in [-0.2, -0.15) is 0 Å². The molecule has 1 N–H and O–H groups in total. The van der Waals surface area contributed by atoms with Gasteiger partial charge < -0.3 is 10.0 Å². The van der Waals surface area contributed by atoms with Gasteiger partial charge in [0.05, 0.1) is 6.10 Å². The van der Waals surface area contributed by atoms with Crippen molar-refractivity contribution in [2.75, 3.05) is 26.7 Å². The molecule has 0 spiro atoms. The molecule has 3 atom stereocenters. The maximum Gasteiger partial charge on any atom is 0.0942 e. The molecular formula is C16H26N2O. The maximum atomic E-state index is 10.5. The van der Waals surface area contributed by atoms with Crippen LogP contribution in [0.5, 0.6) is 0 Å². The van der Waals surface area contributed by atoms with E-state index in [0.29, 0.717) is 6.04 Å². The Kier molecular flexibility index (Phi) is 4.61. The second-order valence-corrected chi connectivity index (χ2v) is 5.92. The fraction of sp³-hybridized carbons (Fsp3) is 0.625. The molecule has 19 heavy (non-hydrogen) atoms. The highest BCUT2D eigenvalue weighted by Crippen LogP contribution is 2.23. The second-order valence-electron chi connectivity index (χ2n) is 5.92. The van der Waals surface area contributed by atoms with E-state index in [-0.39, 0.29) is 6.04 Å². The third kappa shape index (κ3) is 3.35. The van der Waals surface area contributed by atoms with Crippen LogP contribution in [0.2, 0.25) is 0 Å². The highest BCUT2D eigenvalue weighted by Gasteiger charge is 2.28. The first-order chi connectivity index (χ1) is 8.99. The van der Waals surface area contributed by atoms with Gasteiger partial charge in [0.15, 0.2) is 0 Å². The molecule has 1 aliphatic rings. The number of aryl methyl sites for hydroxylation is 1. The molecule has 0 radical (unpaired) electrons. The van der Waals surface area contributed by atoms with Crippen molar-refractivity contribution in [2.24, 2.45) is 0 Å². The quantitative estimate of drug-likeness (QED) is 0.903. The van der Waals surface area contributed by atoms with Gasteiger partial charge in [0, 0.05) is 31.7 Å². The number of piperazine rings is 1. The lowest BCUT2D eigenvalue weighted by atomic mass is 10.00. The Labute approximate surface area is 116 Å². The van der Waals surface area contributed by atoms with Crippen molar-refractivity contribution in [3.8, 4) is 0 Å². The standard InChI is InChI=1S/C16H26N2O/c1-12-5-7-15(8-6-12)16(19)14(3)18-10-9-17(4)13(2)11-18/h5-8,13-14,16,19H,9-11H2,1-4H3. The van der Waals surface area contributed by atoms with Gasteiger partial charge in [-0.05, 0) is 33.4 Å². The van der Waals surface area contributed by atoms with Crippen molar-refractivity contribution < 1.29 is 5.11 Å². The van der Waals surface area contributed by atoms with Crippen molar-refractivity contribution in [2.45, 2.75) is 39.0 Å². The number of likely N-dealkylation sites (N-methyl/N-ethyl adjacent to an activating group) is 1. The summed E-state index contributed by atoms with van der Waals surface area (Å²) < 4.78 is 0. The first kappa shape index (κ1) is 14.5. The Morgan fingerprint density at radius 3 is 2.42 bits per heavy atom. The molecule has 0 saturated carbocycles. The SMILES string of the molecule is Cc1ccc(C(O)C(C)N2CCN(C)C(C)C2)cc1. The summed E-state index contributed by atoms with van der Waals surface area (Å²) >= 11 is 0. The largest absolute Gasteiger partial charge is 0.387 e. The number of rotatable bonds is 3. The van der Waals surface area contributed by atoms with E-state index in [2.05, 4.69) is 49.8 Å². The van der Waals surface area contributed by atoms with Gasteiger partial charge in [0.25, 0.3) is 0 Å². The molecule has 0 aromatic heterocycles. The van der Waals surface area contributed by atoms with Crippen molar-refractivity contribution in [1.82, 2.24) is 9.80 Å². The van der Waals surface area contributed by atoms with Crippen molar-refractivity contribution in [3.63, 3.8) is 0 Å². The molecule has 0 amide bonds. The summed E-state index contributed by atoms with van der Waals surface area (Å²) in [7, 11) is 2.17. The summed E-state index contributed by atoms with van der Waals surface area (Å²) in [5.41, 5.74) is 2.25. The minimum Gasteiger partial charge on any atom is -0.387 e. The number of benzene rings is 1. The minimum absolute atomic E-state index is 0.166. The van der Waals surface area contributed by atoms with Crippen LogP contribution in [0.4, 0.5) is 0 Å². The van der Waals surface area contributed by atoms with Crippen molar-refractivity contribution in [3.05, 3.63) is 35.4 Å². The van der Waals surface area contributed by atoms with Gasteiger partial charge >= 0.3 is 0 Å². The van der Waals surface area contributed by atoms with E-state index in [1.54, 1.807) is 0 Å². The maximum absolute atomic E-state index is 10.5. The van der Waals surface area contributed by atoms with Crippen LogP contribution in [0.1, 0.15) is 31.1 Å². The molecule has 1 aromatic carbocycles. The molecule has 2 rings (SSSR count). The topological polar surface area (TPSA) is 26.7 Å². The van der Waals surface area contributed by atoms with Gasteiger partial charge in [-0.3, -0.25) is 4.90 Å². The predicted octanol–water partition coefficient (Wildman–Crippen LogP) is 2.05. The van der Waals surface area contributed by atoms with Crippen LogP contribution in [0.15, 0.2) is 24.3 Å². The van der Waals surface area contributed by atoms with Crippen LogP contribution in [0.25, 0.3) is 0 Å². The van der Waals surface area contributed by atoms with Gasteiger partial charge in [-0.1, -0.05) is 29.8 Å². The van der Waals surface area contributed by atoms with E-state index in [1.165, 1.54) is 5.56 Å². The molecule has 3 unspecified atom stereocenters. The van der Waals surface area contributed by atoms with Crippen LogP contribution in [0.3, 0.4) is 0 Å². The Morgan fingerprint density at radius 1 is 1.21 bits per heavy atom. The third-order valence-electron chi connectivity index (χ3n) is 4.44. The fourth-order valence-corrected chi connectivity index (χ4v) is 2.69. The number of aliphatic hydroxyl groups excluding tert-OH is 1. The van der Waals surface area contributed by atoms with Crippen molar-refractivity contribution >= 4 is 0 Å². The highest BCUT2D eigenvalue weighted by atomic mass is 16.3. The highest BCUT2D eigenvalue weighted by molar-refractivity contribution is 5.24. The molecule has 3 nitrogen and oxygen atoms in total. The lowest BCUT2D eigenvalue weighted by molar-refractivity contribution is 0.0136. The second kappa shape index (κ2) is 6.04. The van der Waals surface area contributed by atoms with Crippen LogP contribution >= 0.6 is 0 Å². The minimum atomic E-state index is -0.406. The Morgan fingerprint density at radius 2 is 1.84 bits per heavy atom. The van der Waals surface area contributed by atoms with E-state index in [0.717, 1.165) is 25.2 Å². The zero-order valence-corrected chi connectivity index (χ0v) is 12.5. The molecule has 106 valence electrons. The molecule has 3 heteroatoms. The Hall–Kier alpha value is -0.900. The lowest BCUT2D eigenvalue weighted by Crippen LogP contribution is -2.53. The number of hydrogen-bond donors (Lipinski definition) is 1. The smallest absolute Gasteiger partial charge is 0.0942 e. The van der Waals surface area contributed by atoms with Crippen LogP contribution < -0.4 is 0 Å². The monoisotopic (exact) mass is 262 g/mol. The van der Waals surface area contributed by atoms with Gasteiger partial charge in [0.1, 0.15) is 0 Å². The molecule has 1 aliphatic heterocycles. The average Bonchev–Trinajstić information content (AvgIpc) is 2.41. The zero-order valence-electron chi connectivity index (χ0n) is 12.5. The van der Waals surface area contributed by atoms with Crippen LogP contribution in [-0.4, -0.2) is 53.7 Å². The predicted molar refractivity (Wildman–Crippen MR) is 79.3 cm³/mol. The summed E-state index contributed by atoms with van der Waals surface area (Å²) in [6.07, 6.45) is -0.406. The first-order valence-corrected chi connectivity index (χ1v) is 7.18. The van der Waals surface area contributed by atoms with Crippen LogP contribution in [-0.2, 0) is 0 Å². The lowest BCUT2D eigenvalue weighted by Gasteiger charge is -2.42. The summed E-state index contributed by atoms with van der Waals surface area (Å²) in [4.78, 5) is 4.77. The summed E-state index contributed by atoms with van der Waals surface area (Å²) in [5, 5.41) is 10.5. The zero-order chi connectivity index (χ0) is 14.0. The Balaban J connectivity index is 2.02. The summed E-state index contributed by atoms with van der Waals surface area (Å²) in [5.74, 6) is 0. The molecule has 1 saturated heterocycles. The van der Waals surface area contributed by atoms with Gasteiger partial charge in [-0.15, -0.1) is 0 Å². The van der Waals surface area contributed by atoms with Gasteiger partial charge in [-0.25, -0.2) is 0 Å². The van der Waals surface area contributed by atoms with E-state index in [1.807, 2.05) is 12.1 Å².